The van der Waals surface area contributed by atoms with Crippen LogP contribution in [-0.2, 0) is 11.2 Å². The highest BCUT2D eigenvalue weighted by Crippen LogP contribution is 2.33. The van der Waals surface area contributed by atoms with Crippen LogP contribution in [0.3, 0.4) is 0 Å². The maximum atomic E-state index is 13.7. The molecule has 2 N–H and O–H groups in total. The van der Waals surface area contributed by atoms with Crippen LogP contribution in [0.1, 0.15) is 36.8 Å². The summed E-state index contributed by atoms with van der Waals surface area (Å²) in [6.45, 7) is 3.53. The lowest BCUT2D eigenvalue weighted by Gasteiger charge is -2.32. The van der Waals surface area contributed by atoms with Gasteiger partial charge in [0.15, 0.2) is 0 Å². The van der Waals surface area contributed by atoms with Crippen LogP contribution in [0.25, 0.3) is 16.5 Å². The maximum Gasteiger partial charge on any atom is 0.274 e. The number of methoxy groups -OCH3 is 1. The average Bonchev–Trinajstić information content (AvgIpc) is 3.09. The quantitative estimate of drug-likeness (QED) is 0.169. The van der Waals surface area contributed by atoms with E-state index in [1.54, 1.807) is 7.11 Å². The molecule has 6 rings (SSSR count). The second kappa shape index (κ2) is 14.5. The van der Waals surface area contributed by atoms with Gasteiger partial charge in [0, 0.05) is 28.1 Å². The second-order valence-corrected chi connectivity index (χ2v) is 13.3. The topological polar surface area (TPSA) is 85.2 Å². The van der Waals surface area contributed by atoms with Crippen molar-refractivity contribution in [2.24, 2.45) is 5.92 Å². The van der Waals surface area contributed by atoms with Gasteiger partial charge in [-0.25, -0.2) is 0 Å². The van der Waals surface area contributed by atoms with Crippen molar-refractivity contribution < 1.29 is 9.53 Å². The van der Waals surface area contributed by atoms with E-state index in [1.165, 1.54) is 32.8 Å². The summed E-state index contributed by atoms with van der Waals surface area (Å²) in [5, 5.41) is 15.1. The number of nitrogens with one attached hydrogen (secondary N) is 2. The van der Waals surface area contributed by atoms with Gasteiger partial charge in [-0.2, -0.15) is 9.78 Å². The first-order chi connectivity index (χ1) is 22.4. The van der Waals surface area contributed by atoms with Crippen LogP contribution in [0.4, 0.5) is 0 Å². The molecule has 0 saturated carbocycles. The van der Waals surface area contributed by atoms with Gasteiger partial charge in [-0.3, -0.25) is 9.59 Å². The number of ether oxygens (including phenoxy) is 1. The number of fused-ring (bicyclic) bond motifs is 1. The summed E-state index contributed by atoms with van der Waals surface area (Å²) >= 11 is 7.56. The minimum atomic E-state index is -0.183. The zero-order valence-electron chi connectivity index (χ0n) is 25.9. The van der Waals surface area contributed by atoms with Crippen LogP contribution in [0.2, 0.25) is 5.02 Å². The van der Waals surface area contributed by atoms with Crippen LogP contribution in [0.5, 0.6) is 5.75 Å². The van der Waals surface area contributed by atoms with E-state index >= 15 is 0 Å². The number of aryl methyl sites for hydroxylation is 1. The highest BCUT2D eigenvalue weighted by Gasteiger charge is 2.32. The summed E-state index contributed by atoms with van der Waals surface area (Å²) in [5.74, 6) is 0.710. The molecule has 0 unspecified atom stereocenters. The number of halogens is 1. The van der Waals surface area contributed by atoms with Crippen molar-refractivity contribution in [1.82, 2.24) is 20.4 Å². The Hall–Kier alpha value is -4.11. The Labute approximate surface area is 278 Å². The van der Waals surface area contributed by atoms with Crippen molar-refractivity contribution in [3.8, 4) is 11.4 Å². The summed E-state index contributed by atoms with van der Waals surface area (Å²) in [6.07, 6.45) is 2.00. The van der Waals surface area contributed by atoms with Crippen molar-refractivity contribution in [1.29, 1.82) is 0 Å². The Bertz CT molecular complexity index is 1880. The molecule has 9 heteroatoms. The number of carbonyl (C=O) groups is 1. The van der Waals surface area contributed by atoms with Gasteiger partial charge in [-0.15, -0.1) is 0 Å². The van der Waals surface area contributed by atoms with Gasteiger partial charge in [0.25, 0.3) is 5.56 Å². The standard InChI is InChI=1S/C37H37ClN4O3S/c1-24(40-36(43)34-23-39-20-19-33(34)27-10-9-25-5-3-4-6-26(25)21-27)7-8-28-22-35(46-32-17-11-29(38)12-18-32)41-42(37(28)44)30-13-15-31(45-2)16-14-30/h3-6,9-18,21-22,24,33-34,39H,7-8,19-20,23H2,1-2H3,(H,40,43)/t24-,33-,34+/m1/s1. The molecule has 1 fully saturated rings. The van der Waals surface area contributed by atoms with E-state index in [2.05, 4.69) is 46.1 Å². The fourth-order valence-electron chi connectivity index (χ4n) is 6.04. The van der Waals surface area contributed by atoms with E-state index in [0.717, 1.165) is 17.9 Å². The molecule has 2 heterocycles. The zero-order chi connectivity index (χ0) is 32.0. The number of carbonyl (C=O) groups excluding carboxylic acids is 1. The van der Waals surface area contributed by atoms with Gasteiger partial charge in [-0.1, -0.05) is 65.8 Å². The van der Waals surface area contributed by atoms with E-state index in [4.69, 9.17) is 16.3 Å². The lowest BCUT2D eigenvalue weighted by atomic mass is 9.80. The molecule has 1 amide bonds. The zero-order valence-corrected chi connectivity index (χ0v) is 27.5. The lowest BCUT2D eigenvalue weighted by Crippen LogP contribution is -2.47. The molecule has 7 nitrogen and oxygen atoms in total. The maximum absolute atomic E-state index is 13.7. The molecule has 1 aliphatic heterocycles. The number of aromatic nitrogens is 2. The average molecular weight is 653 g/mol. The minimum absolute atomic E-state index is 0.0437. The van der Waals surface area contributed by atoms with Crippen molar-refractivity contribution in [2.75, 3.05) is 20.2 Å². The molecule has 4 aromatic carbocycles. The largest absolute Gasteiger partial charge is 0.497 e. The molecule has 1 aromatic heterocycles. The van der Waals surface area contributed by atoms with Crippen LogP contribution in [0, 0.1) is 5.92 Å². The number of rotatable bonds is 10. The molecule has 236 valence electrons. The fourth-order valence-corrected chi connectivity index (χ4v) is 7.00. The van der Waals surface area contributed by atoms with Crippen molar-refractivity contribution in [2.45, 2.75) is 48.1 Å². The lowest BCUT2D eigenvalue weighted by molar-refractivity contribution is -0.126. The van der Waals surface area contributed by atoms with Crippen molar-refractivity contribution in [3.05, 3.63) is 124 Å². The number of piperidine rings is 1. The van der Waals surface area contributed by atoms with E-state index in [0.29, 0.717) is 46.4 Å². The summed E-state index contributed by atoms with van der Waals surface area (Å²) in [5.41, 5.74) is 2.31. The normalized spacial score (nSPS) is 17.0. The molecule has 1 aliphatic rings. The smallest absolute Gasteiger partial charge is 0.274 e. The molecule has 0 bridgehead atoms. The van der Waals surface area contributed by atoms with Gasteiger partial charge >= 0.3 is 0 Å². The molecule has 1 saturated heterocycles. The number of benzene rings is 4. The Morgan fingerprint density at radius 3 is 2.57 bits per heavy atom. The van der Waals surface area contributed by atoms with E-state index < -0.39 is 0 Å². The van der Waals surface area contributed by atoms with Crippen LogP contribution < -0.4 is 20.9 Å². The van der Waals surface area contributed by atoms with Gasteiger partial charge in [0.05, 0.1) is 18.7 Å². The first-order valence-corrected chi connectivity index (χ1v) is 16.8. The third kappa shape index (κ3) is 7.47. The molecule has 0 radical (unpaired) electrons. The SMILES string of the molecule is COc1ccc(-n2nc(Sc3ccc(Cl)cc3)cc(CC[C@@H](C)NC(=O)[C@H]3CNCC[C@@H]3c3ccc4ccccc4c3)c2=O)cc1. The monoisotopic (exact) mass is 652 g/mol. The van der Waals surface area contributed by atoms with Gasteiger partial charge < -0.3 is 15.4 Å². The predicted octanol–water partition coefficient (Wildman–Crippen LogP) is 7.03. The minimum Gasteiger partial charge on any atom is -0.497 e. The summed E-state index contributed by atoms with van der Waals surface area (Å²) < 4.78 is 6.74. The molecular weight excluding hydrogens is 616 g/mol. The summed E-state index contributed by atoms with van der Waals surface area (Å²) in [6, 6.07) is 31.4. The highest BCUT2D eigenvalue weighted by molar-refractivity contribution is 7.99. The molecular formula is C37H37ClN4O3S. The second-order valence-electron chi connectivity index (χ2n) is 11.7. The van der Waals surface area contributed by atoms with Gasteiger partial charge in [0.1, 0.15) is 10.8 Å². The molecule has 0 spiro atoms. The highest BCUT2D eigenvalue weighted by atomic mass is 35.5. The van der Waals surface area contributed by atoms with Crippen molar-refractivity contribution >= 4 is 40.0 Å². The predicted molar refractivity (Wildman–Crippen MR) is 186 cm³/mol. The van der Waals surface area contributed by atoms with Crippen molar-refractivity contribution in [3.63, 3.8) is 0 Å². The molecule has 3 atom stereocenters. The van der Waals surface area contributed by atoms with Crippen LogP contribution >= 0.6 is 23.4 Å². The number of hydrogen-bond donors (Lipinski definition) is 2. The summed E-state index contributed by atoms with van der Waals surface area (Å²) in [4.78, 5) is 28.3. The van der Waals surface area contributed by atoms with E-state index in [-0.39, 0.29) is 29.3 Å². The number of nitrogens with zero attached hydrogens (tertiary/aromatic N) is 2. The number of amides is 1. The van der Waals surface area contributed by atoms with E-state index in [9.17, 15) is 9.59 Å². The van der Waals surface area contributed by atoms with Crippen LogP contribution in [-0.4, -0.2) is 41.9 Å². The van der Waals surface area contributed by atoms with Gasteiger partial charge in [0.2, 0.25) is 5.91 Å². The molecule has 46 heavy (non-hydrogen) atoms. The number of hydrogen-bond acceptors (Lipinski definition) is 6. The Balaban J connectivity index is 1.18. The molecule has 0 aliphatic carbocycles. The Morgan fingerprint density at radius 2 is 1.80 bits per heavy atom. The van der Waals surface area contributed by atoms with E-state index in [1.807, 2.05) is 73.7 Å². The first-order valence-electron chi connectivity index (χ1n) is 15.6. The Morgan fingerprint density at radius 1 is 1.04 bits per heavy atom. The Kier molecular flexibility index (Phi) is 10.1. The molecule has 5 aromatic rings. The third-order valence-electron chi connectivity index (χ3n) is 8.57. The van der Waals surface area contributed by atoms with Crippen LogP contribution in [0.15, 0.2) is 112 Å². The van der Waals surface area contributed by atoms with Gasteiger partial charge in [-0.05, 0) is 110 Å². The summed E-state index contributed by atoms with van der Waals surface area (Å²) in [7, 11) is 1.61. The third-order valence-corrected chi connectivity index (χ3v) is 9.74. The first kappa shape index (κ1) is 31.9. The fraction of sp³-hybridized carbons (Fsp3) is 0.270.